The molecule has 0 aliphatic heterocycles. The van der Waals surface area contributed by atoms with Crippen molar-refractivity contribution in [2.75, 3.05) is 7.11 Å². The zero-order valence-corrected chi connectivity index (χ0v) is 11.2. The number of hydroxylamine groups is 1. The number of nitrogens with zero attached hydrogens (tertiary/aromatic N) is 1. The van der Waals surface area contributed by atoms with Crippen molar-refractivity contribution >= 4 is 12.2 Å². The third-order valence-corrected chi connectivity index (χ3v) is 2.84. The Hall–Kier alpha value is -2.62. The molecule has 0 fully saturated rings. The quantitative estimate of drug-likeness (QED) is 0.305. The summed E-state index contributed by atoms with van der Waals surface area (Å²) < 4.78 is 5.77. The number of rotatable bonds is 4. The van der Waals surface area contributed by atoms with Gasteiger partial charge in [0.2, 0.25) is 12.8 Å². The summed E-state index contributed by atoms with van der Waals surface area (Å²) in [5.41, 5.74) is 2.00. The monoisotopic (exact) mass is 270 g/mol. The molecule has 2 rings (SSSR count). The summed E-state index contributed by atoms with van der Waals surface area (Å²) in [6.45, 7) is 0.344. The molecule has 4 nitrogen and oxygen atoms in total. The minimum atomic E-state index is -0.426. The Balaban J connectivity index is 2.24. The number of ether oxygens (including phenoxy) is 1. The number of esters is 1. The zero-order chi connectivity index (χ0) is 14.4. The Bertz CT molecular complexity index is 621. The van der Waals surface area contributed by atoms with Crippen molar-refractivity contribution < 1.29 is 19.5 Å². The van der Waals surface area contributed by atoms with Gasteiger partial charge in [-0.2, -0.15) is 0 Å². The first-order valence-corrected chi connectivity index (χ1v) is 6.22. The number of benzene rings is 2. The second-order valence-corrected chi connectivity index (χ2v) is 4.29. The maximum Gasteiger partial charge on any atom is 0.338 e. The molecule has 0 amide bonds. The van der Waals surface area contributed by atoms with E-state index in [2.05, 4.69) is 0 Å². The molecule has 0 spiro atoms. The van der Waals surface area contributed by atoms with Crippen molar-refractivity contribution in [1.82, 2.24) is 0 Å². The van der Waals surface area contributed by atoms with Gasteiger partial charge in [0.1, 0.15) is 0 Å². The van der Waals surface area contributed by atoms with Crippen LogP contribution in [0.25, 0.3) is 0 Å². The van der Waals surface area contributed by atoms with Gasteiger partial charge < -0.3 is 4.74 Å². The summed E-state index contributed by atoms with van der Waals surface area (Å²) in [4.78, 5) is 11.6. The highest BCUT2D eigenvalue weighted by molar-refractivity contribution is 5.98. The molecule has 1 N–H and O–H groups in total. The Morgan fingerprint density at radius 2 is 1.80 bits per heavy atom. The van der Waals surface area contributed by atoms with Gasteiger partial charge in [-0.05, 0) is 16.9 Å². The summed E-state index contributed by atoms with van der Waals surface area (Å²) in [6.07, 6.45) is 1.51. The smallest absolute Gasteiger partial charge is 0.338 e. The lowest BCUT2D eigenvalue weighted by Crippen LogP contribution is -2.12. The van der Waals surface area contributed by atoms with Crippen molar-refractivity contribution in [3.05, 3.63) is 71.3 Å². The van der Waals surface area contributed by atoms with Crippen LogP contribution < -0.4 is 0 Å². The van der Waals surface area contributed by atoms with E-state index in [0.29, 0.717) is 17.7 Å². The highest BCUT2D eigenvalue weighted by atomic mass is 16.5. The summed E-state index contributed by atoms with van der Waals surface area (Å²) >= 11 is 0. The van der Waals surface area contributed by atoms with Crippen LogP contribution in [0.1, 0.15) is 21.5 Å². The molecule has 0 radical (unpaired) electrons. The first-order valence-electron chi connectivity index (χ1n) is 6.22. The second kappa shape index (κ2) is 6.52. The van der Waals surface area contributed by atoms with Crippen LogP contribution in [0.3, 0.4) is 0 Å². The first-order chi connectivity index (χ1) is 9.70. The van der Waals surface area contributed by atoms with Crippen LogP contribution in [0.4, 0.5) is 0 Å². The van der Waals surface area contributed by atoms with E-state index in [1.807, 2.05) is 30.3 Å². The standard InChI is InChI=1S/C16H16NO3/c1-20-16(18)15-10-6-5-9-14(15)12-17(19)11-13-7-3-2-4-8-13/h2-10,12,19H,11H2,1H3/q+1/b17-12-. The van der Waals surface area contributed by atoms with E-state index in [0.717, 1.165) is 10.3 Å². The molecule has 0 unspecified atom stereocenters. The fourth-order valence-electron chi connectivity index (χ4n) is 1.88. The molecule has 2 aromatic carbocycles. The van der Waals surface area contributed by atoms with E-state index < -0.39 is 5.97 Å². The zero-order valence-electron chi connectivity index (χ0n) is 11.2. The van der Waals surface area contributed by atoms with Crippen molar-refractivity contribution in [2.24, 2.45) is 0 Å². The van der Waals surface area contributed by atoms with Gasteiger partial charge in [0.15, 0.2) is 0 Å². The van der Waals surface area contributed by atoms with Crippen molar-refractivity contribution in [3.63, 3.8) is 0 Å². The average molecular weight is 270 g/mol. The Morgan fingerprint density at radius 3 is 2.50 bits per heavy atom. The van der Waals surface area contributed by atoms with Crippen LogP contribution in [0, 0.1) is 0 Å². The highest BCUT2D eigenvalue weighted by Crippen LogP contribution is 2.08. The molecule has 0 bridgehead atoms. The summed E-state index contributed by atoms with van der Waals surface area (Å²) in [5.74, 6) is -0.426. The van der Waals surface area contributed by atoms with E-state index >= 15 is 0 Å². The molecule has 0 heterocycles. The number of methoxy groups -OCH3 is 1. The SMILES string of the molecule is COC(=O)c1ccccc1/C=[N+](\O)Cc1ccccc1. The minimum absolute atomic E-state index is 0.344. The fourth-order valence-corrected chi connectivity index (χ4v) is 1.88. The van der Waals surface area contributed by atoms with Gasteiger partial charge in [-0.1, -0.05) is 42.5 Å². The minimum Gasteiger partial charge on any atom is -0.465 e. The van der Waals surface area contributed by atoms with E-state index in [1.165, 1.54) is 13.3 Å². The van der Waals surface area contributed by atoms with Gasteiger partial charge in [-0.15, -0.1) is 0 Å². The molecule has 4 heteroatoms. The van der Waals surface area contributed by atoms with Gasteiger partial charge in [0, 0.05) is 5.56 Å². The van der Waals surface area contributed by atoms with E-state index in [1.54, 1.807) is 24.3 Å². The Morgan fingerprint density at radius 1 is 1.15 bits per heavy atom. The van der Waals surface area contributed by atoms with Crippen LogP contribution in [-0.4, -0.2) is 29.2 Å². The van der Waals surface area contributed by atoms with Gasteiger partial charge in [0.05, 0.1) is 18.2 Å². The summed E-state index contributed by atoms with van der Waals surface area (Å²) in [7, 11) is 1.33. The van der Waals surface area contributed by atoms with Gasteiger partial charge in [0.25, 0.3) is 0 Å². The molecule has 0 saturated heterocycles. The van der Waals surface area contributed by atoms with Crippen LogP contribution in [0.2, 0.25) is 0 Å². The van der Waals surface area contributed by atoms with Crippen molar-refractivity contribution in [3.8, 4) is 0 Å². The lowest BCUT2D eigenvalue weighted by molar-refractivity contribution is -0.783. The fraction of sp³-hybridized carbons (Fsp3) is 0.125. The van der Waals surface area contributed by atoms with E-state index in [9.17, 15) is 10.0 Å². The molecule has 0 saturated carbocycles. The second-order valence-electron chi connectivity index (χ2n) is 4.29. The largest absolute Gasteiger partial charge is 0.465 e. The molecule has 0 atom stereocenters. The summed E-state index contributed by atoms with van der Waals surface area (Å²) in [5, 5.41) is 9.96. The Kier molecular flexibility index (Phi) is 4.50. The Labute approximate surface area is 117 Å². The predicted molar refractivity (Wildman–Crippen MR) is 75.1 cm³/mol. The molecule has 102 valence electrons. The van der Waals surface area contributed by atoms with Gasteiger partial charge in [-0.3, -0.25) is 5.21 Å². The molecule has 20 heavy (non-hydrogen) atoms. The van der Waals surface area contributed by atoms with Crippen LogP contribution in [0.15, 0.2) is 54.6 Å². The van der Waals surface area contributed by atoms with Crippen LogP contribution in [-0.2, 0) is 11.3 Å². The van der Waals surface area contributed by atoms with Crippen molar-refractivity contribution in [2.45, 2.75) is 6.54 Å². The topological polar surface area (TPSA) is 49.5 Å². The lowest BCUT2D eigenvalue weighted by Gasteiger charge is -2.01. The van der Waals surface area contributed by atoms with Crippen LogP contribution in [0.5, 0.6) is 0 Å². The maximum atomic E-state index is 11.6. The lowest BCUT2D eigenvalue weighted by atomic mass is 10.1. The van der Waals surface area contributed by atoms with Gasteiger partial charge >= 0.3 is 5.97 Å². The van der Waals surface area contributed by atoms with E-state index in [-0.39, 0.29) is 0 Å². The molecule has 2 aromatic rings. The third-order valence-electron chi connectivity index (χ3n) is 2.84. The molecule has 0 aliphatic rings. The van der Waals surface area contributed by atoms with Crippen molar-refractivity contribution in [1.29, 1.82) is 0 Å². The molecular formula is C16H16NO3+. The highest BCUT2D eigenvalue weighted by Gasteiger charge is 2.13. The number of hydrogen-bond acceptors (Lipinski definition) is 3. The maximum absolute atomic E-state index is 11.6. The van der Waals surface area contributed by atoms with Crippen LogP contribution >= 0.6 is 0 Å². The third kappa shape index (κ3) is 3.45. The number of carbonyl (C=O) groups is 1. The predicted octanol–water partition coefficient (Wildman–Crippen LogP) is 2.49. The number of carbonyl (C=O) groups excluding carboxylic acids is 1. The molecule has 0 aromatic heterocycles. The molecule has 0 aliphatic carbocycles. The first kappa shape index (κ1) is 13.8. The van der Waals surface area contributed by atoms with E-state index in [4.69, 9.17) is 4.74 Å². The summed E-state index contributed by atoms with van der Waals surface area (Å²) in [6, 6.07) is 16.5. The normalized spacial score (nSPS) is 11.2. The van der Waals surface area contributed by atoms with Gasteiger partial charge in [-0.25, -0.2) is 4.79 Å². The molecular weight excluding hydrogens is 254 g/mol. The average Bonchev–Trinajstić information content (AvgIpc) is 2.48. The number of hydrogen-bond donors (Lipinski definition) is 1.